The molecule has 0 aliphatic rings. The van der Waals surface area contributed by atoms with Crippen LogP contribution in [0.1, 0.15) is 23.7 Å². The predicted molar refractivity (Wildman–Crippen MR) is 78.9 cm³/mol. The standard InChI is InChI=1S/C17H20FNO/c18-16-10-4-9-15(12-16)17(13-19)20-11-5-8-14-6-2-1-3-7-14/h1-4,6-7,9-10,12,17H,5,8,11,13,19H2. The van der Waals surface area contributed by atoms with E-state index in [1.54, 1.807) is 6.07 Å². The lowest BCUT2D eigenvalue weighted by Gasteiger charge is -2.16. The molecular weight excluding hydrogens is 253 g/mol. The average molecular weight is 273 g/mol. The molecule has 20 heavy (non-hydrogen) atoms. The second-order valence-electron chi connectivity index (χ2n) is 4.74. The molecule has 106 valence electrons. The van der Waals surface area contributed by atoms with Crippen LogP contribution in [0, 0.1) is 5.82 Å². The molecule has 0 heterocycles. The number of nitrogens with two attached hydrogens (primary N) is 1. The van der Waals surface area contributed by atoms with Gasteiger partial charge in [0.15, 0.2) is 0 Å². The summed E-state index contributed by atoms with van der Waals surface area (Å²) in [5, 5.41) is 0. The summed E-state index contributed by atoms with van der Waals surface area (Å²) in [6.07, 6.45) is 1.67. The van der Waals surface area contributed by atoms with Crippen LogP contribution in [0.4, 0.5) is 4.39 Å². The Bertz CT molecular complexity index is 515. The van der Waals surface area contributed by atoms with Crippen LogP contribution in [0.15, 0.2) is 54.6 Å². The van der Waals surface area contributed by atoms with Crippen LogP contribution in [0.25, 0.3) is 0 Å². The van der Waals surface area contributed by atoms with Crippen molar-refractivity contribution in [2.24, 2.45) is 5.73 Å². The molecule has 2 aromatic carbocycles. The third kappa shape index (κ3) is 4.44. The normalized spacial score (nSPS) is 12.3. The molecule has 0 bridgehead atoms. The summed E-state index contributed by atoms with van der Waals surface area (Å²) in [4.78, 5) is 0. The van der Waals surface area contributed by atoms with E-state index in [4.69, 9.17) is 10.5 Å². The van der Waals surface area contributed by atoms with Gasteiger partial charge in [0, 0.05) is 13.2 Å². The van der Waals surface area contributed by atoms with E-state index >= 15 is 0 Å². The Labute approximate surface area is 119 Å². The number of rotatable bonds is 7. The van der Waals surface area contributed by atoms with Gasteiger partial charge in [-0.2, -0.15) is 0 Å². The molecule has 0 saturated heterocycles. The molecule has 1 unspecified atom stereocenters. The van der Waals surface area contributed by atoms with Gasteiger partial charge in [-0.05, 0) is 36.1 Å². The molecule has 2 rings (SSSR count). The maximum Gasteiger partial charge on any atom is 0.123 e. The minimum absolute atomic E-state index is 0.235. The Morgan fingerprint density at radius 2 is 1.85 bits per heavy atom. The van der Waals surface area contributed by atoms with E-state index in [2.05, 4.69) is 12.1 Å². The van der Waals surface area contributed by atoms with Crippen LogP contribution in [0.3, 0.4) is 0 Å². The van der Waals surface area contributed by atoms with Crippen molar-refractivity contribution in [1.29, 1.82) is 0 Å². The third-order valence-electron chi connectivity index (χ3n) is 3.21. The highest BCUT2D eigenvalue weighted by molar-refractivity contribution is 5.19. The minimum Gasteiger partial charge on any atom is -0.372 e. The molecule has 2 nitrogen and oxygen atoms in total. The van der Waals surface area contributed by atoms with Gasteiger partial charge in [0.25, 0.3) is 0 Å². The Morgan fingerprint density at radius 3 is 2.55 bits per heavy atom. The van der Waals surface area contributed by atoms with Crippen molar-refractivity contribution < 1.29 is 9.13 Å². The Balaban J connectivity index is 1.80. The van der Waals surface area contributed by atoms with Gasteiger partial charge in [-0.15, -0.1) is 0 Å². The lowest BCUT2D eigenvalue weighted by Crippen LogP contribution is -2.16. The van der Waals surface area contributed by atoms with Crippen molar-refractivity contribution in [2.45, 2.75) is 18.9 Å². The molecule has 2 N–H and O–H groups in total. The maximum atomic E-state index is 13.2. The van der Waals surface area contributed by atoms with Gasteiger partial charge >= 0.3 is 0 Å². The highest BCUT2D eigenvalue weighted by atomic mass is 19.1. The molecule has 0 aromatic heterocycles. The zero-order chi connectivity index (χ0) is 14.2. The lowest BCUT2D eigenvalue weighted by atomic mass is 10.1. The summed E-state index contributed by atoms with van der Waals surface area (Å²) in [7, 11) is 0. The predicted octanol–water partition coefficient (Wildman–Crippen LogP) is 3.47. The molecule has 1 atom stereocenters. The zero-order valence-electron chi connectivity index (χ0n) is 11.5. The lowest BCUT2D eigenvalue weighted by molar-refractivity contribution is 0.0569. The quantitative estimate of drug-likeness (QED) is 0.784. The minimum atomic E-state index is -0.256. The van der Waals surface area contributed by atoms with E-state index in [1.165, 1.54) is 17.7 Å². The highest BCUT2D eigenvalue weighted by Gasteiger charge is 2.10. The molecule has 0 fully saturated rings. The van der Waals surface area contributed by atoms with Crippen LogP contribution in [-0.4, -0.2) is 13.2 Å². The molecule has 0 aliphatic heterocycles. The van der Waals surface area contributed by atoms with Crippen LogP contribution < -0.4 is 5.73 Å². The topological polar surface area (TPSA) is 35.2 Å². The van der Waals surface area contributed by atoms with Crippen molar-refractivity contribution in [3.05, 3.63) is 71.5 Å². The number of aryl methyl sites for hydroxylation is 1. The van der Waals surface area contributed by atoms with Crippen molar-refractivity contribution in [1.82, 2.24) is 0 Å². The fourth-order valence-electron chi connectivity index (χ4n) is 2.15. The first-order valence-corrected chi connectivity index (χ1v) is 6.90. The Kier molecular flexibility index (Phi) is 5.71. The Hall–Kier alpha value is -1.71. The fourth-order valence-corrected chi connectivity index (χ4v) is 2.15. The summed E-state index contributed by atoms with van der Waals surface area (Å²) < 4.78 is 18.9. The number of hydrogen-bond acceptors (Lipinski definition) is 2. The summed E-state index contributed by atoms with van der Waals surface area (Å²) >= 11 is 0. The molecule has 0 aliphatic carbocycles. The second-order valence-corrected chi connectivity index (χ2v) is 4.74. The molecule has 0 spiro atoms. The van der Waals surface area contributed by atoms with Crippen LogP contribution in [-0.2, 0) is 11.2 Å². The van der Waals surface area contributed by atoms with E-state index < -0.39 is 0 Å². The molecule has 3 heteroatoms. The summed E-state index contributed by atoms with van der Waals surface area (Å²) in [6.45, 7) is 0.974. The molecular formula is C17H20FNO. The van der Waals surface area contributed by atoms with E-state index in [0.717, 1.165) is 18.4 Å². The SMILES string of the molecule is NCC(OCCCc1ccccc1)c1cccc(F)c1. The summed E-state index contributed by atoms with van der Waals surface area (Å²) in [5.41, 5.74) is 7.80. The number of ether oxygens (including phenoxy) is 1. The maximum absolute atomic E-state index is 13.2. The highest BCUT2D eigenvalue weighted by Crippen LogP contribution is 2.17. The first-order valence-electron chi connectivity index (χ1n) is 6.90. The van der Waals surface area contributed by atoms with E-state index in [-0.39, 0.29) is 11.9 Å². The first kappa shape index (κ1) is 14.7. The molecule has 0 amide bonds. The first-order chi connectivity index (χ1) is 9.79. The molecule has 0 saturated carbocycles. The monoisotopic (exact) mass is 273 g/mol. The second kappa shape index (κ2) is 7.78. The van der Waals surface area contributed by atoms with Gasteiger partial charge < -0.3 is 10.5 Å². The van der Waals surface area contributed by atoms with Gasteiger partial charge in [-0.1, -0.05) is 42.5 Å². The third-order valence-corrected chi connectivity index (χ3v) is 3.21. The van der Waals surface area contributed by atoms with Gasteiger partial charge in [-0.25, -0.2) is 4.39 Å². The van der Waals surface area contributed by atoms with Gasteiger partial charge in [-0.3, -0.25) is 0 Å². The van der Waals surface area contributed by atoms with Gasteiger partial charge in [0.2, 0.25) is 0 Å². The molecule has 0 radical (unpaired) electrons. The number of hydrogen-bond donors (Lipinski definition) is 1. The smallest absolute Gasteiger partial charge is 0.123 e. The van der Waals surface area contributed by atoms with Crippen molar-refractivity contribution in [3.8, 4) is 0 Å². The van der Waals surface area contributed by atoms with E-state index in [0.29, 0.717) is 13.2 Å². The van der Waals surface area contributed by atoms with Gasteiger partial charge in [0.05, 0.1) is 6.10 Å². The Morgan fingerprint density at radius 1 is 1.05 bits per heavy atom. The van der Waals surface area contributed by atoms with Crippen LogP contribution in [0.2, 0.25) is 0 Å². The van der Waals surface area contributed by atoms with Crippen LogP contribution >= 0.6 is 0 Å². The fraction of sp³-hybridized carbons (Fsp3) is 0.294. The number of benzene rings is 2. The van der Waals surface area contributed by atoms with E-state index in [9.17, 15) is 4.39 Å². The average Bonchev–Trinajstić information content (AvgIpc) is 2.48. The van der Waals surface area contributed by atoms with Crippen LogP contribution in [0.5, 0.6) is 0 Å². The van der Waals surface area contributed by atoms with Crippen molar-refractivity contribution in [3.63, 3.8) is 0 Å². The summed E-state index contributed by atoms with van der Waals surface area (Å²) in [5.74, 6) is -0.256. The van der Waals surface area contributed by atoms with Gasteiger partial charge in [0.1, 0.15) is 5.82 Å². The van der Waals surface area contributed by atoms with E-state index in [1.807, 2.05) is 24.3 Å². The largest absolute Gasteiger partial charge is 0.372 e. The van der Waals surface area contributed by atoms with Crippen molar-refractivity contribution in [2.75, 3.05) is 13.2 Å². The number of halogens is 1. The molecule has 2 aromatic rings. The summed E-state index contributed by atoms with van der Waals surface area (Å²) in [6, 6.07) is 16.7. The van der Waals surface area contributed by atoms with Crippen molar-refractivity contribution >= 4 is 0 Å². The zero-order valence-corrected chi connectivity index (χ0v) is 11.5.